The zero-order chi connectivity index (χ0) is 22.6. The Labute approximate surface area is 185 Å². The number of alkyl halides is 3. The van der Waals surface area contributed by atoms with Gasteiger partial charge in [-0.05, 0) is 56.9 Å². The maximum atomic E-state index is 13.3. The molecule has 0 spiro atoms. The Morgan fingerprint density at radius 2 is 1.88 bits per heavy atom. The number of ketones is 1. The van der Waals surface area contributed by atoms with Crippen LogP contribution in [-0.4, -0.2) is 33.2 Å². The van der Waals surface area contributed by atoms with Crippen LogP contribution in [0.3, 0.4) is 0 Å². The Morgan fingerprint density at radius 3 is 2.56 bits per heavy atom. The number of carbonyl (C=O) groups is 2. The van der Waals surface area contributed by atoms with Crippen LogP contribution in [0.25, 0.3) is 11.5 Å². The Morgan fingerprint density at radius 1 is 1.12 bits per heavy atom. The summed E-state index contributed by atoms with van der Waals surface area (Å²) in [6, 6.07) is 0. The first kappa shape index (κ1) is 21.4. The second kappa shape index (κ2) is 7.83. The van der Waals surface area contributed by atoms with E-state index in [9.17, 15) is 27.9 Å². The summed E-state index contributed by atoms with van der Waals surface area (Å²) in [6.07, 6.45) is -0.944. The molecule has 1 saturated carbocycles. The van der Waals surface area contributed by atoms with Gasteiger partial charge in [0.05, 0.1) is 11.5 Å². The zero-order valence-electron chi connectivity index (χ0n) is 17.1. The number of aliphatic carboxylic acids is 1. The van der Waals surface area contributed by atoms with Crippen LogP contribution in [0.5, 0.6) is 0 Å². The lowest BCUT2D eigenvalue weighted by Gasteiger charge is -2.24. The van der Waals surface area contributed by atoms with Gasteiger partial charge in [0.2, 0.25) is 0 Å². The van der Waals surface area contributed by atoms with Gasteiger partial charge in [-0.15, -0.1) is 11.3 Å². The van der Waals surface area contributed by atoms with E-state index in [1.807, 2.05) is 0 Å². The van der Waals surface area contributed by atoms with E-state index in [2.05, 4.69) is 10.1 Å². The van der Waals surface area contributed by atoms with Crippen molar-refractivity contribution in [2.45, 2.75) is 69.9 Å². The monoisotopic (exact) mass is 466 g/mol. The number of halogens is 3. The average Bonchev–Trinajstić information content (AvgIpc) is 3.15. The molecule has 2 heterocycles. The number of allylic oxidation sites excluding steroid dienone is 1. The molecule has 2 aromatic heterocycles. The molecule has 0 radical (unpaired) electrons. The SMILES string of the molecule is O=C(O)C1=C(C(=O)Cc2sc3c(c2-c2nc(C4CC4)no2)CC[C@H](C(F)(F)F)C3)CCC1. The molecule has 0 saturated heterocycles. The van der Waals surface area contributed by atoms with Gasteiger partial charge in [-0.1, -0.05) is 5.16 Å². The first-order valence-corrected chi connectivity index (χ1v) is 11.6. The van der Waals surface area contributed by atoms with Crippen molar-refractivity contribution in [3.05, 3.63) is 32.3 Å². The fraction of sp³-hybridized carbons (Fsp3) is 0.545. The molecule has 0 aromatic carbocycles. The number of Topliss-reactive ketones (excluding diaryl/α,β-unsaturated/α-hetero) is 1. The minimum absolute atomic E-state index is 0.0223. The van der Waals surface area contributed by atoms with Gasteiger partial charge in [0, 0.05) is 33.2 Å². The van der Waals surface area contributed by atoms with Crippen LogP contribution in [0.2, 0.25) is 0 Å². The number of nitrogens with zero attached hydrogens (tertiary/aromatic N) is 2. The highest BCUT2D eigenvalue weighted by atomic mass is 32.1. The molecule has 1 N–H and O–H groups in total. The van der Waals surface area contributed by atoms with Gasteiger partial charge in [0.15, 0.2) is 11.6 Å². The summed E-state index contributed by atoms with van der Waals surface area (Å²) in [6.45, 7) is 0. The number of rotatable bonds is 6. The maximum absolute atomic E-state index is 13.3. The number of carbonyl (C=O) groups excluding carboxylic acids is 1. The molecular formula is C22H21F3N2O4S. The topological polar surface area (TPSA) is 93.3 Å². The van der Waals surface area contributed by atoms with Gasteiger partial charge >= 0.3 is 12.1 Å². The van der Waals surface area contributed by atoms with Crippen LogP contribution in [0, 0.1) is 5.92 Å². The van der Waals surface area contributed by atoms with E-state index < -0.39 is 18.1 Å². The standard InChI is InChI=1S/C22H21F3N2O4S/c23-22(24,25)11-6-7-14-16(8-11)32-17(9-15(28)12-2-1-3-13(12)21(29)30)18(14)20-26-19(27-31-20)10-4-5-10/h10-11H,1-9H2,(H,29,30)/t11-/m0/s1. The number of thiophene rings is 1. The Bertz CT molecular complexity index is 1130. The van der Waals surface area contributed by atoms with Crippen LogP contribution < -0.4 is 0 Å². The third-order valence-corrected chi connectivity index (χ3v) is 7.79. The quantitative estimate of drug-likeness (QED) is 0.643. The lowest BCUT2D eigenvalue weighted by atomic mass is 9.86. The van der Waals surface area contributed by atoms with Crippen molar-refractivity contribution in [2.75, 3.05) is 0 Å². The molecule has 10 heteroatoms. The van der Waals surface area contributed by atoms with Gasteiger partial charge in [-0.3, -0.25) is 4.79 Å². The molecule has 0 amide bonds. The van der Waals surface area contributed by atoms with E-state index >= 15 is 0 Å². The number of hydrogen-bond donors (Lipinski definition) is 1. The maximum Gasteiger partial charge on any atom is 0.392 e. The van der Waals surface area contributed by atoms with E-state index in [0.29, 0.717) is 46.0 Å². The molecule has 1 fully saturated rings. The molecule has 0 bridgehead atoms. The summed E-state index contributed by atoms with van der Waals surface area (Å²) < 4.78 is 45.5. The molecule has 6 nitrogen and oxygen atoms in total. The third-order valence-electron chi connectivity index (χ3n) is 6.53. The summed E-state index contributed by atoms with van der Waals surface area (Å²) in [5, 5.41) is 13.4. The number of hydrogen-bond acceptors (Lipinski definition) is 6. The van der Waals surface area contributed by atoms with Gasteiger partial charge in [-0.2, -0.15) is 18.2 Å². The van der Waals surface area contributed by atoms with E-state index in [1.54, 1.807) is 0 Å². The zero-order valence-corrected chi connectivity index (χ0v) is 17.9. The first-order chi connectivity index (χ1) is 15.2. The molecule has 170 valence electrons. The van der Waals surface area contributed by atoms with Crippen molar-refractivity contribution in [1.29, 1.82) is 0 Å². The number of carboxylic acid groups (broad SMARTS) is 1. The normalized spacial score (nSPS) is 21.2. The minimum Gasteiger partial charge on any atom is -0.478 e. The van der Waals surface area contributed by atoms with Crippen LogP contribution in [0.1, 0.15) is 65.6 Å². The fourth-order valence-corrected chi connectivity index (χ4v) is 6.10. The van der Waals surface area contributed by atoms with Gasteiger partial charge < -0.3 is 9.63 Å². The van der Waals surface area contributed by atoms with E-state index in [1.165, 1.54) is 11.3 Å². The van der Waals surface area contributed by atoms with Crippen LogP contribution >= 0.6 is 11.3 Å². The van der Waals surface area contributed by atoms with Crippen LogP contribution in [0.15, 0.2) is 15.7 Å². The van der Waals surface area contributed by atoms with Crippen molar-refractivity contribution in [1.82, 2.24) is 10.1 Å². The molecule has 3 aliphatic rings. The highest BCUT2D eigenvalue weighted by Crippen LogP contribution is 2.46. The summed E-state index contributed by atoms with van der Waals surface area (Å²) >= 11 is 1.19. The Balaban J connectivity index is 1.52. The second-order valence-electron chi connectivity index (χ2n) is 8.73. The lowest BCUT2D eigenvalue weighted by molar-refractivity contribution is -0.176. The number of carboxylic acids is 1. The average molecular weight is 466 g/mol. The van der Waals surface area contributed by atoms with Gasteiger partial charge in [0.1, 0.15) is 0 Å². The summed E-state index contributed by atoms with van der Waals surface area (Å²) in [4.78, 5) is 30.2. The lowest BCUT2D eigenvalue weighted by Crippen LogP contribution is -2.28. The van der Waals surface area contributed by atoms with E-state index in [0.717, 1.165) is 18.4 Å². The first-order valence-electron chi connectivity index (χ1n) is 10.7. The largest absolute Gasteiger partial charge is 0.478 e. The molecule has 3 aliphatic carbocycles. The highest BCUT2D eigenvalue weighted by Gasteiger charge is 2.43. The fourth-order valence-electron chi connectivity index (χ4n) is 4.68. The predicted octanol–water partition coefficient (Wildman–Crippen LogP) is 5.02. The number of aromatic nitrogens is 2. The molecule has 1 atom stereocenters. The van der Waals surface area contributed by atoms with Crippen LogP contribution in [0.4, 0.5) is 13.2 Å². The number of fused-ring (bicyclic) bond motifs is 1. The smallest absolute Gasteiger partial charge is 0.392 e. The molecular weight excluding hydrogens is 445 g/mol. The molecule has 0 aliphatic heterocycles. The van der Waals surface area contributed by atoms with E-state index in [4.69, 9.17) is 4.52 Å². The molecule has 2 aromatic rings. The Kier molecular flexibility index (Phi) is 5.22. The molecule has 32 heavy (non-hydrogen) atoms. The van der Waals surface area contributed by atoms with Gasteiger partial charge in [-0.25, -0.2) is 4.79 Å². The summed E-state index contributed by atoms with van der Waals surface area (Å²) in [5.74, 6) is -1.71. The highest BCUT2D eigenvalue weighted by molar-refractivity contribution is 7.12. The summed E-state index contributed by atoms with van der Waals surface area (Å²) in [5.41, 5.74) is 1.79. The third kappa shape index (κ3) is 3.89. The second-order valence-corrected chi connectivity index (χ2v) is 9.92. The van der Waals surface area contributed by atoms with Gasteiger partial charge in [0.25, 0.3) is 5.89 Å². The Hall–Kier alpha value is -2.49. The molecule has 0 unspecified atom stereocenters. The molecule has 5 rings (SSSR count). The minimum atomic E-state index is -4.27. The van der Waals surface area contributed by atoms with Crippen molar-refractivity contribution in [2.24, 2.45) is 5.92 Å². The van der Waals surface area contributed by atoms with Crippen molar-refractivity contribution in [3.63, 3.8) is 0 Å². The predicted molar refractivity (Wildman–Crippen MR) is 108 cm³/mol. The van der Waals surface area contributed by atoms with Crippen molar-refractivity contribution < 1.29 is 32.4 Å². The van der Waals surface area contributed by atoms with Crippen LogP contribution in [-0.2, 0) is 28.9 Å². The van der Waals surface area contributed by atoms with E-state index in [-0.39, 0.29) is 48.8 Å². The van der Waals surface area contributed by atoms with Crippen molar-refractivity contribution >= 4 is 23.1 Å². The summed E-state index contributed by atoms with van der Waals surface area (Å²) in [7, 11) is 0. The van der Waals surface area contributed by atoms with Crippen molar-refractivity contribution in [3.8, 4) is 11.5 Å².